The maximum atomic E-state index is 7.63. The molecule has 2 aliphatic heterocycles. The van der Waals surface area contributed by atoms with Gasteiger partial charge in [-0.15, -0.1) is 11.3 Å². The van der Waals surface area contributed by atoms with Crippen LogP contribution in [0.15, 0.2) is 194 Å². The average Bonchev–Trinajstić information content (AvgIpc) is 0.892. The summed E-state index contributed by atoms with van der Waals surface area (Å²) in [5.41, 5.74) is 26.5. The minimum absolute atomic E-state index is 0.0432. The molecule has 1 aromatic heterocycles. The third-order valence-corrected chi connectivity index (χ3v) is 20.0. The second-order valence-corrected chi connectivity index (χ2v) is 32.6. The lowest BCUT2D eigenvalue weighted by Crippen LogP contribution is -2.26. The maximum absolute atomic E-state index is 7.63. The first-order valence-corrected chi connectivity index (χ1v) is 32.7. The molecule has 0 saturated heterocycles. The van der Waals surface area contributed by atoms with Crippen molar-refractivity contribution in [3.63, 3.8) is 0 Å². The number of anilines is 3. The number of fused-ring (bicyclic) bond motifs is 7. The van der Waals surface area contributed by atoms with Crippen LogP contribution in [0.3, 0.4) is 0 Å². The molecular weight excluding hydrogens is 1080 g/mol. The van der Waals surface area contributed by atoms with Gasteiger partial charge in [0.15, 0.2) is 0 Å². The van der Waals surface area contributed by atoms with Gasteiger partial charge in [0.1, 0.15) is 11.5 Å². The molecule has 3 heteroatoms. The van der Waals surface area contributed by atoms with Crippen LogP contribution in [-0.4, -0.2) is 0 Å². The van der Waals surface area contributed by atoms with Gasteiger partial charge in [-0.05, 0) is 158 Å². The van der Waals surface area contributed by atoms with Crippen molar-refractivity contribution in [3.8, 4) is 67.1 Å². The number of thiophene rings is 1. The van der Waals surface area contributed by atoms with Crippen molar-refractivity contribution >= 4 is 48.6 Å². The Morgan fingerprint density at radius 2 is 0.761 bits per heavy atom. The normalized spacial score (nSPS) is 14.4. The Kier molecular flexibility index (Phi) is 14.0. The van der Waals surface area contributed by atoms with Gasteiger partial charge in [-0.3, -0.25) is 0 Å². The molecule has 0 aliphatic carbocycles. The van der Waals surface area contributed by atoms with Crippen molar-refractivity contribution < 1.29 is 4.74 Å². The van der Waals surface area contributed by atoms with Crippen LogP contribution in [0.5, 0.6) is 11.5 Å². The highest BCUT2D eigenvalue weighted by molar-refractivity contribution is 7.26. The molecule has 0 fully saturated rings. The summed E-state index contributed by atoms with van der Waals surface area (Å²) in [6, 6.07) is 75.3. The van der Waals surface area contributed by atoms with E-state index < -0.39 is 0 Å². The molecule has 1 atom stereocenters. The molecular formula is C85H87NOS. The molecule has 0 N–H and O–H groups in total. The van der Waals surface area contributed by atoms with Gasteiger partial charge in [-0.2, -0.15) is 0 Å². The van der Waals surface area contributed by atoms with Gasteiger partial charge in [0.25, 0.3) is 0 Å². The fourth-order valence-corrected chi connectivity index (χ4v) is 14.5. The van der Waals surface area contributed by atoms with Gasteiger partial charge >= 0.3 is 0 Å². The van der Waals surface area contributed by atoms with E-state index in [4.69, 9.17) is 4.74 Å². The smallest absolute Gasteiger partial charge is 0.134 e. The highest BCUT2D eigenvalue weighted by Gasteiger charge is 2.42. The Morgan fingerprint density at radius 3 is 1.27 bits per heavy atom. The van der Waals surface area contributed by atoms with Crippen molar-refractivity contribution in [1.29, 1.82) is 0 Å². The lowest BCUT2D eigenvalue weighted by molar-refractivity contribution is 0.453. The van der Waals surface area contributed by atoms with Crippen LogP contribution in [0.4, 0.5) is 17.1 Å². The van der Waals surface area contributed by atoms with Gasteiger partial charge in [0.2, 0.25) is 0 Å². The minimum Gasteiger partial charge on any atom is -0.457 e. The monoisotopic (exact) mass is 1170 g/mol. The molecule has 0 radical (unpaired) electrons. The molecule has 88 heavy (non-hydrogen) atoms. The zero-order chi connectivity index (χ0) is 62.4. The highest BCUT2D eigenvalue weighted by atomic mass is 32.1. The van der Waals surface area contributed by atoms with Crippen molar-refractivity contribution in [1.82, 2.24) is 0 Å². The Hall–Kier alpha value is -7.98. The average molecular weight is 1170 g/mol. The number of hydrogen-bond acceptors (Lipinski definition) is 3. The van der Waals surface area contributed by atoms with E-state index in [2.05, 4.69) is 324 Å². The quantitative estimate of drug-likeness (QED) is 0.165. The molecule has 0 saturated carbocycles. The summed E-state index contributed by atoms with van der Waals surface area (Å²) < 4.78 is 10.2. The summed E-state index contributed by atoms with van der Waals surface area (Å²) in [7, 11) is 0. The van der Waals surface area contributed by atoms with Crippen LogP contribution in [-0.2, 0) is 32.5 Å². The van der Waals surface area contributed by atoms with E-state index >= 15 is 0 Å². The largest absolute Gasteiger partial charge is 0.457 e. The fraction of sp³-hybridized carbons (Fsp3) is 0.294. The van der Waals surface area contributed by atoms with E-state index in [-0.39, 0.29) is 38.4 Å². The number of nitrogens with zero attached hydrogens (tertiary/aromatic N) is 1. The lowest BCUT2D eigenvalue weighted by atomic mass is 9.74. The number of rotatable bonds is 6. The summed E-state index contributed by atoms with van der Waals surface area (Å²) in [5.74, 6) is 1.60. The van der Waals surface area contributed by atoms with E-state index in [1.807, 2.05) is 11.3 Å². The second-order valence-electron chi connectivity index (χ2n) is 31.6. The van der Waals surface area contributed by atoms with Crippen molar-refractivity contribution in [3.05, 3.63) is 244 Å². The Morgan fingerprint density at radius 1 is 0.330 bits per heavy atom. The van der Waals surface area contributed by atoms with Crippen molar-refractivity contribution in [2.75, 3.05) is 4.90 Å². The molecule has 3 heterocycles. The molecule has 11 aromatic rings. The van der Waals surface area contributed by atoms with Crippen LogP contribution < -0.4 is 9.64 Å². The first kappa shape index (κ1) is 59.0. The predicted molar refractivity (Wildman–Crippen MR) is 381 cm³/mol. The number of ether oxygens (including phenoxy) is 1. The van der Waals surface area contributed by atoms with Crippen molar-refractivity contribution in [2.45, 2.75) is 163 Å². The van der Waals surface area contributed by atoms with E-state index in [9.17, 15) is 0 Å². The predicted octanol–water partition coefficient (Wildman–Crippen LogP) is 25.2. The molecule has 0 spiro atoms. The minimum atomic E-state index is -0.179. The van der Waals surface area contributed by atoms with E-state index in [0.717, 1.165) is 39.7 Å². The Bertz CT molecular complexity index is 4470. The molecule has 0 amide bonds. The van der Waals surface area contributed by atoms with Crippen LogP contribution in [0, 0.1) is 0 Å². The third kappa shape index (κ3) is 10.6. The van der Waals surface area contributed by atoms with Crippen LogP contribution >= 0.6 is 11.3 Å². The third-order valence-electron chi connectivity index (χ3n) is 18.8. The topological polar surface area (TPSA) is 12.5 Å². The summed E-state index contributed by atoms with van der Waals surface area (Å²) in [4.78, 5) is 2.70. The summed E-state index contributed by atoms with van der Waals surface area (Å²) >= 11 is 1.91. The standard InChI is InChI=1S/C85H87NOS/c1-80(2,3)59-37-55(38-60(47-59)81(4,5)6)53-34-36-72-69(43-53)76-66-35-33-54(56-39-61(82(7,8)9)48-62(40-56)83(10,11)12)44-70(66)86(71-45-58(46-73(87-72)77(71)76)57-41-63(84(13,14)15)49-64(42-57)85(16,17)18)78-67(51-27-21-19-22-28-51)50-68-65-31-25-26-32-74(65)88-79(68)75(78)52-29-23-20-24-30-52/h19-50,76H,1-18H3. The molecule has 2 nitrogen and oxygen atoms in total. The van der Waals surface area contributed by atoms with E-state index in [0.29, 0.717) is 0 Å². The summed E-state index contributed by atoms with van der Waals surface area (Å²) in [6.45, 7) is 42.2. The molecule has 10 aromatic carbocycles. The zero-order valence-corrected chi connectivity index (χ0v) is 56.1. The second kappa shape index (κ2) is 20.8. The molecule has 13 rings (SSSR count). The first-order valence-electron chi connectivity index (χ1n) is 31.9. The number of benzene rings is 10. The molecule has 0 bridgehead atoms. The SMILES string of the molecule is CC(C)(C)c1cc(-c2ccc3c(c2)C2c4ccc(-c5cc(C(C)(C)C)cc(C(C)(C)C)c5)cc4N(c4c(-c5ccccc5)cc5c(sc6ccccc65)c4-c4ccccc4)c4cc(-c5cc(C(C)(C)C)cc(C(C)(C)C)c5)cc(c42)O3)cc(C(C)(C)C)c1. The van der Waals surface area contributed by atoms with Crippen LogP contribution in [0.1, 0.15) is 181 Å². The van der Waals surface area contributed by atoms with Gasteiger partial charge in [0.05, 0.1) is 17.1 Å². The van der Waals surface area contributed by atoms with Crippen LogP contribution in [0.25, 0.3) is 75.8 Å². The Labute approximate surface area is 529 Å². The highest BCUT2D eigenvalue weighted by Crippen LogP contribution is 2.63. The van der Waals surface area contributed by atoms with Gasteiger partial charge in [-0.1, -0.05) is 276 Å². The molecule has 1 unspecified atom stereocenters. The first-order chi connectivity index (χ1) is 41.4. The Balaban J connectivity index is 1.20. The summed E-state index contributed by atoms with van der Waals surface area (Å²) in [5, 5.41) is 2.54. The van der Waals surface area contributed by atoms with Crippen molar-refractivity contribution in [2.24, 2.45) is 0 Å². The fourth-order valence-electron chi connectivity index (χ4n) is 13.3. The maximum Gasteiger partial charge on any atom is 0.134 e. The van der Waals surface area contributed by atoms with E-state index in [1.165, 1.54) is 115 Å². The van der Waals surface area contributed by atoms with Gasteiger partial charge in [0, 0.05) is 48.3 Å². The zero-order valence-electron chi connectivity index (χ0n) is 55.3. The van der Waals surface area contributed by atoms with E-state index in [1.54, 1.807) is 0 Å². The molecule has 2 aliphatic rings. The number of hydrogen-bond donors (Lipinski definition) is 0. The van der Waals surface area contributed by atoms with Gasteiger partial charge < -0.3 is 9.64 Å². The van der Waals surface area contributed by atoms with Gasteiger partial charge in [-0.25, -0.2) is 0 Å². The van der Waals surface area contributed by atoms with Crippen LogP contribution in [0.2, 0.25) is 0 Å². The summed E-state index contributed by atoms with van der Waals surface area (Å²) in [6.07, 6.45) is 0. The molecule has 444 valence electrons. The lowest BCUT2D eigenvalue weighted by Gasteiger charge is -2.43.